The predicted octanol–water partition coefficient (Wildman–Crippen LogP) is 2.36. The van der Waals surface area contributed by atoms with Crippen molar-refractivity contribution < 1.29 is 5.11 Å². The molecular weight excluding hydrogens is 136 g/mol. The zero-order valence-electron chi connectivity index (χ0n) is 7.29. The van der Waals surface area contributed by atoms with Crippen LogP contribution in [0.15, 0.2) is 12.2 Å². The van der Waals surface area contributed by atoms with Gasteiger partial charge in [0, 0.05) is 6.61 Å². The maximum absolute atomic E-state index is 8.89. The molecule has 11 heavy (non-hydrogen) atoms. The molecule has 1 rings (SSSR count). The fourth-order valence-electron chi connectivity index (χ4n) is 1.84. The first-order chi connectivity index (χ1) is 5.36. The Bertz CT molecular complexity index is 121. The van der Waals surface area contributed by atoms with Crippen LogP contribution in [0, 0.1) is 11.8 Å². The van der Waals surface area contributed by atoms with Crippen LogP contribution in [0.3, 0.4) is 0 Å². The van der Waals surface area contributed by atoms with Gasteiger partial charge in [-0.3, -0.25) is 0 Å². The van der Waals surface area contributed by atoms with E-state index in [1.807, 2.05) is 0 Å². The summed E-state index contributed by atoms with van der Waals surface area (Å²) in [6.07, 6.45) is 9.42. The lowest BCUT2D eigenvalue weighted by atomic mass is 9.82. The van der Waals surface area contributed by atoms with Crippen molar-refractivity contribution in [3.8, 4) is 0 Å². The largest absolute Gasteiger partial charge is 0.396 e. The van der Waals surface area contributed by atoms with Gasteiger partial charge in [-0.25, -0.2) is 0 Å². The van der Waals surface area contributed by atoms with Crippen molar-refractivity contribution >= 4 is 0 Å². The van der Waals surface area contributed by atoms with Crippen LogP contribution in [-0.4, -0.2) is 11.7 Å². The van der Waals surface area contributed by atoms with Gasteiger partial charge >= 0.3 is 0 Å². The van der Waals surface area contributed by atoms with E-state index in [1.54, 1.807) is 0 Å². The molecule has 0 aliphatic heterocycles. The summed E-state index contributed by atoms with van der Waals surface area (Å²) >= 11 is 0. The first-order valence-corrected chi connectivity index (χ1v) is 4.60. The highest BCUT2D eigenvalue weighted by atomic mass is 16.3. The molecule has 0 aromatic heterocycles. The summed E-state index contributed by atoms with van der Waals surface area (Å²) in [4.78, 5) is 0. The molecule has 1 N–H and O–H groups in total. The second kappa shape index (κ2) is 4.55. The first-order valence-electron chi connectivity index (χ1n) is 4.60. The van der Waals surface area contributed by atoms with Gasteiger partial charge in [0.1, 0.15) is 0 Å². The molecule has 1 nitrogen and oxygen atoms in total. The van der Waals surface area contributed by atoms with Gasteiger partial charge in [0.05, 0.1) is 0 Å². The Balaban J connectivity index is 2.24. The van der Waals surface area contributed by atoms with E-state index >= 15 is 0 Å². The summed E-state index contributed by atoms with van der Waals surface area (Å²) in [5, 5.41) is 8.89. The zero-order valence-corrected chi connectivity index (χ0v) is 7.29. The van der Waals surface area contributed by atoms with E-state index in [4.69, 9.17) is 5.11 Å². The summed E-state index contributed by atoms with van der Waals surface area (Å²) in [6.45, 7) is 2.47. The van der Waals surface area contributed by atoms with Gasteiger partial charge in [0.2, 0.25) is 0 Å². The number of aliphatic hydroxyl groups is 1. The molecule has 1 heteroatoms. The van der Waals surface area contributed by atoms with E-state index in [2.05, 4.69) is 19.1 Å². The summed E-state index contributed by atoms with van der Waals surface area (Å²) < 4.78 is 0. The van der Waals surface area contributed by atoms with E-state index < -0.39 is 0 Å². The third-order valence-electron chi connectivity index (χ3n) is 2.61. The lowest BCUT2D eigenvalue weighted by Crippen LogP contribution is -2.15. The minimum absolute atomic E-state index is 0.391. The van der Waals surface area contributed by atoms with Gasteiger partial charge in [-0.15, -0.1) is 0 Å². The summed E-state index contributed by atoms with van der Waals surface area (Å²) in [7, 11) is 0. The molecule has 0 heterocycles. The van der Waals surface area contributed by atoms with Crippen molar-refractivity contribution in [1.82, 2.24) is 0 Å². The molecule has 0 bridgehead atoms. The smallest absolute Gasteiger partial charge is 0.0459 e. The molecule has 1 aliphatic carbocycles. The van der Waals surface area contributed by atoms with Gasteiger partial charge in [0.25, 0.3) is 0 Å². The Labute approximate surface area is 69.1 Å². The SMILES string of the molecule is C/C=C/C1CCC(CO)CC1. The summed E-state index contributed by atoms with van der Waals surface area (Å²) in [5.74, 6) is 1.39. The van der Waals surface area contributed by atoms with E-state index in [0.717, 1.165) is 5.92 Å². The Morgan fingerprint density at radius 2 is 1.91 bits per heavy atom. The third-order valence-corrected chi connectivity index (χ3v) is 2.61. The van der Waals surface area contributed by atoms with E-state index in [0.29, 0.717) is 12.5 Å². The van der Waals surface area contributed by atoms with Crippen molar-refractivity contribution in [2.45, 2.75) is 32.6 Å². The number of hydrogen-bond donors (Lipinski definition) is 1. The Kier molecular flexibility index (Phi) is 3.64. The lowest BCUT2D eigenvalue weighted by Gasteiger charge is -2.24. The van der Waals surface area contributed by atoms with Gasteiger partial charge in [-0.05, 0) is 44.4 Å². The van der Waals surface area contributed by atoms with Gasteiger partial charge in [-0.2, -0.15) is 0 Å². The highest BCUT2D eigenvalue weighted by molar-refractivity contribution is 4.88. The van der Waals surface area contributed by atoms with Crippen molar-refractivity contribution in [2.75, 3.05) is 6.61 Å². The predicted molar refractivity (Wildman–Crippen MR) is 47.3 cm³/mol. The van der Waals surface area contributed by atoms with Gasteiger partial charge in [-0.1, -0.05) is 12.2 Å². The highest BCUT2D eigenvalue weighted by Crippen LogP contribution is 2.28. The Hall–Kier alpha value is -0.300. The molecule has 1 aliphatic rings. The van der Waals surface area contributed by atoms with Crippen LogP contribution in [0.4, 0.5) is 0 Å². The van der Waals surface area contributed by atoms with Gasteiger partial charge in [0.15, 0.2) is 0 Å². The highest BCUT2D eigenvalue weighted by Gasteiger charge is 2.17. The number of aliphatic hydroxyl groups excluding tert-OH is 1. The van der Waals surface area contributed by atoms with Gasteiger partial charge < -0.3 is 5.11 Å². The fraction of sp³-hybridized carbons (Fsp3) is 0.800. The molecule has 1 fully saturated rings. The van der Waals surface area contributed by atoms with Crippen molar-refractivity contribution in [2.24, 2.45) is 11.8 Å². The van der Waals surface area contributed by atoms with Crippen LogP contribution in [-0.2, 0) is 0 Å². The van der Waals surface area contributed by atoms with Crippen LogP contribution in [0.5, 0.6) is 0 Å². The average molecular weight is 154 g/mol. The Morgan fingerprint density at radius 1 is 1.27 bits per heavy atom. The normalized spacial score (nSPS) is 32.9. The standard InChI is InChI=1S/C10H18O/c1-2-3-9-4-6-10(8-11)7-5-9/h2-3,9-11H,4-8H2,1H3/b3-2+. The maximum Gasteiger partial charge on any atom is 0.0459 e. The van der Waals surface area contributed by atoms with Crippen molar-refractivity contribution in [3.63, 3.8) is 0 Å². The van der Waals surface area contributed by atoms with Crippen LogP contribution in [0.1, 0.15) is 32.6 Å². The summed E-state index contributed by atoms with van der Waals surface area (Å²) in [6, 6.07) is 0. The molecule has 0 saturated heterocycles. The minimum atomic E-state index is 0.391. The molecule has 0 aromatic rings. The molecule has 1 saturated carbocycles. The van der Waals surface area contributed by atoms with Crippen LogP contribution < -0.4 is 0 Å². The number of hydrogen-bond acceptors (Lipinski definition) is 1. The molecule has 0 aromatic carbocycles. The van der Waals surface area contributed by atoms with E-state index in [9.17, 15) is 0 Å². The second-order valence-electron chi connectivity index (χ2n) is 3.49. The second-order valence-corrected chi connectivity index (χ2v) is 3.49. The van der Waals surface area contributed by atoms with Crippen LogP contribution in [0.25, 0.3) is 0 Å². The lowest BCUT2D eigenvalue weighted by molar-refractivity contribution is 0.177. The monoisotopic (exact) mass is 154 g/mol. The molecule has 64 valence electrons. The molecule has 0 unspecified atom stereocenters. The molecule has 0 amide bonds. The van der Waals surface area contributed by atoms with Crippen LogP contribution in [0.2, 0.25) is 0 Å². The number of rotatable bonds is 2. The first kappa shape index (κ1) is 8.79. The minimum Gasteiger partial charge on any atom is -0.396 e. The topological polar surface area (TPSA) is 20.2 Å². The fourth-order valence-corrected chi connectivity index (χ4v) is 1.84. The van der Waals surface area contributed by atoms with E-state index in [-0.39, 0.29) is 0 Å². The van der Waals surface area contributed by atoms with Crippen molar-refractivity contribution in [3.05, 3.63) is 12.2 Å². The molecular formula is C10H18O. The third kappa shape index (κ3) is 2.66. The average Bonchev–Trinajstić information content (AvgIpc) is 2.07. The van der Waals surface area contributed by atoms with Crippen molar-refractivity contribution in [1.29, 1.82) is 0 Å². The van der Waals surface area contributed by atoms with E-state index in [1.165, 1.54) is 25.7 Å². The quantitative estimate of drug-likeness (QED) is 0.605. The Morgan fingerprint density at radius 3 is 2.36 bits per heavy atom. The molecule has 0 radical (unpaired) electrons. The summed E-state index contributed by atoms with van der Waals surface area (Å²) in [5.41, 5.74) is 0. The zero-order chi connectivity index (χ0) is 8.10. The molecule has 0 atom stereocenters. The maximum atomic E-state index is 8.89. The number of allylic oxidation sites excluding steroid dienone is 2. The molecule has 0 spiro atoms. The van der Waals surface area contributed by atoms with Crippen LogP contribution >= 0.6 is 0 Å².